The van der Waals surface area contributed by atoms with Gasteiger partial charge in [-0.25, -0.2) is 0 Å². The number of alkyl halides is 3. The first-order chi connectivity index (χ1) is 12.0. The second-order valence-corrected chi connectivity index (χ2v) is 6.80. The molecule has 1 aromatic carbocycles. The van der Waals surface area contributed by atoms with Gasteiger partial charge in [-0.2, -0.15) is 13.2 Å². The topological polar surface area (TPSA) is 16.1 Å². The number of nitrogens with zero attached hydrogens (tertiary/aromatic N) is 2. The Morgan fingerprint density at radius 3 is 2.76 bits per heavy atom. The van der Waals surface area contributed by atoms with Gasteiger partial charge in [0.25, 0.3) is 0 Å². The van der Waals surface area contributed by atoms with Gasteiger partial charge in [0.2, 0.25) is 0 Å². The molecule has 25 heavy (non-hydrogen) atoms. The summed E-state index contributed by atoms with van der Waals surface area (Å²) in [6, 6.07) is 11.7. The predicted molar refractivity (Wildman–Crippen MR) is 92.0 cm³/mol. The van der Waals surface area contributed by atoms with Crippen LogP contribution in [0.5, 0.6) is 0 Å². The van der Waals surface area contributed by atoms with Crippen LogP contribution in [0.25, 0.3) is 0 Å². The molecular weight excluding hydrogens is 325 g/mol. The van der Waals surface area contributed by atoms with E-state index >= 15 is 0 Å². The lowest BCUT2D eigenvalue weighted by molar-refractivity contribution is -0.137. The minimum atomic E-state index is -4.26. The van der Waals surface area contributed by atoms with E-state index in [1.165, 1.54) is 12.1 Å². The first kappa shape index (κ1) is 17.9. The van der Waals surface area contributed by atoms with Gasteiger partial charge in [0.05, 0.1) is 11.3 Å². The molecule has 2 nitrogen and oxygen atoms in total. The Balaban J connectivity index is 1.53. The van der Waals surface area contributed by atoms with Crippen LogP contribution in [0.4, 0.5) is 13.2 Å². The molecule has 1 aliphatic heterocycles. The number of rotatable bonds is 5. The Labute approximate surface area is 146 Å². The van der Waals surface area contributed by atoms with Crippen molar-refractivity contribution >= 4 is 0 Å². The SMILES string of the molecule is FC(F)(F)c1cccc(CC[C@H]2CCCN(Cc3ccccn3)C2)c1. The minimum Gasteiger partial charge on any atom is -0.297 e. The van der Waals surface area contributed by atoms with Crippen LogP contribution >= 0.6 is 0 Å². The van der Waals surface area contributed by atoms with Crippen molar-refractivity contribution in [3.8, 4) is 0 Å². The van der Waals surface area contributed by atoms with Gasteiger partial charge in [0.1, 0.15) is 0 Å². The fourth-order valence-corrected chi connectivity index (χ4v) is 3.53. The Morgan fingerprint density at radius 1 is 1.12 bits per heavy atom. The Bertz CT molecular complexity index is 670. The Hall–Kier alpha value is -1.88. The summed E-state index contributed by atoms with van der Waals surface area (Å²) in [5.74, 6) is 0.534. The van der Waals surface area contributed by atoms with E-state index in [0.717, 1.165) is 56.2 Å². The molecule has 1 atom stereocenters. The summed E-state index contributed by atoms with van der Waals surface area (Å²) in [4.78, 5) is 6.78. The monoisotopic (exact) mass is 348 g/mol. The molecule has 0 bridgehead atoms. The van der Waals surface area contributed by atoms with Gasteiger partial charge < -0.3 is 0 Å². The first-order valence-corrected chi connectivity index (χ1v) is 8.79. The largest absolute Gasteiger partial charge is 0.416 e. The lowest BCUT2D eigenvalue weighted by Crippen LogP contribution is -2.35. The first-order valence-electron chi connectivity index (χ1n) is 8.79. The second-order valence-electron chi connectivity index (χ2n) is 6.80. The maximum atomic E-state index is 12.8. The van der Waals surface area contributed by atoms with Gasteiger partial charge in [-0.15, -0.1) is 0 Å². The molecule has 0 amide bonds. The average Bonchev–Trinajstić information content (AvgIpc) is 2.61. The number of aromatic nitrogens is 1. The second kappa shape index (κ2) is 8.00. The quantitative estimate of drug-likeness (QED) is 0.760. The van der Waals surface area contributed by atoms with E-state index in [1.54, 1.807) is 6.07 Å². The van der Waals surface area contributed by atoms with Crippen LogP contribution in [0, 0.1) is 5.92 Å². The summed E-state index contributed by atoms with van der Waals surface area (Å²) >= 11 is 0. The molecule has 0 N–H and O–H groups in total. The van der Waals surface area contributed by atoms with Crippen LogP contribution in [0.2, 0.25) is 0 Å². The average molecular weight is 348 g/mol. The van der Waals surface area contributed by atoms with Gasteiger partial charge in [-0.05, 0) is 61.9 Å². The van der Waals surface area contributed by atoms with E-state index in [0.29, 0.717) is 12.3 Å². The molecule has 0 radical (unpaired) electrons. The van der Waals surface area contributed by atoms with Crippen LogP contribution < -0.4 is 0 Å². The molecule has 3 rings (SSSR count). The summed E-state index contributed by atoms with van der Waals surface area (Å²) in [6.45, 7) is 2.91. The molecule has 1 aromatic heterocycles. The fourth-order valence-electron chi connectivity index (χ4n) is 3.53. The van der Waals surface area contributed by atoms with E-state index in [2.05, 4.69) is 9.88 Å². The summed E-state index contributed by atoms with van der Waals surface area (Å²) in [5, 5.41) is 0. The Morgan fingerprint density at radius 2 is 2.00 bits per heavy atom. The van der Waals surface area contributed by atoms with E-state index in [4.69, 9.17) is 0 Å². The van der Waals surface area contributed by atoms with Gasteiger partial charge in [-0.1, -0.05) is 24.3 Å². The van der Waals surface area contributed by atoms with Gasteiger partial charge >= 0.3 is 6.18 Å². The minimum absolute atomic E-state index is 0.534. The third-order valence-electron chi connectivity index (χ3n) is 4.81. The smallest absolute Gasteiger partial charge is 0.297 e. The molecule has 0 saturated carbocycles. The molecule has 2 aromatic rings. The predicted octanol–water partition coefficient (Wildman–Crippen LogP) is 4.95. The number of piperidine rings is 1. The molecule has 0 unspecified atom stereocenters. The van der Waals surface area contributed by atoms with Crippen molar-refractivity contribution in [1.82, 2.24) is 9.88 Å². The normalized spacial score (nSPS) is 19.1. The van der Waals surface area contributed by atoms with Crippen LogP contribution in [0.15, 0.2) is 48.7 Å². The highest BCUT2D eigenvalue weighted by Gasteiger charge is 2.30. The van der Waals surface area contributed by atoms with E-state index < -0.39 is 11.7 Å². The van der Waals surface area contributed by atoms with Crippen molar-refractivity contribution in [2.75, 3.05) is 13.1 Å². The summed E-state index contributed by atoms with van der Waals surface area (Å²) in [7, 11) is 0. The van der Waals surface area contributed by atoms with Crippen molar-refractivity contribution < 1.29 is 13.2 Å². The van der Waals surface area contributed by atoms with Crippen molar-refractivity contribution in [2.24, 2.45) is 5.92 Å². The van der Waals surface area contributed by atoms with Crippen LogP contribution in [-0.2, 0) is 19.1 Å². The number of benzene rings is 1. The standard InChI is InChI=1S/C20H23F3N2/c21-20(22,23)18-7-3-5-16(13-18)9-10-17-6-4-12-25(14-17)15-19-8-1-2-11-24-19/h1-3,5,7-8,11,13,17H,4,6,9-10,12,14-15H2/t17-/m1/s1. The van der Waals surface area contributed by atoms with Crippen LogP contribution in [0.3, 0.4) is 0 Å². The number of hydrogen-bond donors (Lipinski definition) is 0. The zero-order valence-electron chi connectivity index (χ0n) is 14.2. The van der Waals surface area contributed by atoms with Gasteiger partial charge in [-0.3, -0.25) is 9.88 Å². The molecule has 0 aliphatic carbocycles. The van der Waals surface area contributed by atoms with E-state index in [1.807, 2.05) is 24.4 Å². The van der Waals surface area contributed by atoms with Gasteiger partial charge in [0.15, 0.2) is 0 Å². The maximum absolute atomic E-state index is 12.8. The lowest BCUT2D eigenvalue weighted by atomic mass is 9.91. The van der Waals surface area contributed by atoms with Crippen molar-refractivity contribution in [2.45, 2.75) is 38.4 Å². The van der Waals surface area contributed by atoms with E-state index in [9.17, 15) is 13.2 Å². The number of pyridine rings is 1. The molecule has 1 aliphatic rings. The zero-order chi connectivity index (χ0) is 17.7. The van der Waals surface area contributed by atoms with Crippen molar-refractivity contribution in [3.63, 3.8) is 0 Å². The Kier molecular flexibility index (Phi) is 5.74. The van der Waals surface area contributed by atoms with Crippen molar-refractivity contribution in [1.29, 1.82) is 0 Å². The fraction of sp³-hybridized carbons (Fsp3) is 0.450. The highest BCUT2D eigenvalue weighted by Crippen LogP contribution is 2.30. The molecule has 1 saturated heterocycles. The highest BCUT2D eigenvalue weighted by molar-refractivity contribution is 5.25. The summed E-state index contributed by atoms with van der Waals surface area (Å²) in [5.41, 5.74) is 1.29. The number of aryl methyl sites for hydroxylation is 1. The molecule has 5 heteroatoms. The highest BCUT2D eigenvalue weighted by atomic mass is 19.4. The third kappa shape index (κ3) is 5.30. The molecular formula is C20H23F3N2. The summed E-state index contributed by atoms with van der Waals surface area (Å²) in [6.07, 6.45) is 1.47. The number of halogens is 3. The van der Waals surface area contributed by atoms with E-state index in [-0.39, 0.29) is 0 Å². The lowest BCUT2D eigenvalue weighted by Gasteiger charge is -2.32. The summed E-state index contributed by atoms with van der Waals surface area (Å²) < 4.78 is 38.4. The van der Waals surface area contributed by atoms with Crippen LogP contribution in [-0.4, -0.2) is 23.0 Å². The molecule has 2 heterocycles. The molecule has 0 spiro atoms. The van der Waals surface area contributed by atoms with Gasteiger partial charge in [0, 0.05) is 19.3 Å². The number of hydrogen-bond acceptors (Lipinski definition) is 2. The maximum Gasteiger partial charge on any atom is 0.416 e. The van der Waals surface area contributed by atoms with Crippen LogP contribution in [0.1, 0.15) is 36.1 Å². The number of likely N-dealkylation sites (tertiary alicyclic amines) is 1. The third-order valence-corrected chi connectivity index (χ3v) is 4.81. The molecule has 134 valence electrons. The zero-order valence-corrected chi connectivity index (χ0v) is 14.2. The molecule has 1 fully saturated rings. The van der Waals surface area contributed by atoms with Crippen molar-refractivity contribution in [3.05, 3.63) is 65.5 Å².